The number of nitrogens with one attached hydrogen (secondary N) is 1. The lowest BCUT2D eigenvalue weighted by atomic mass is 10.2. The van der Waals surface area contributed by atoms with E-state index in [0.29, 0.717) is 17.5 Å². The van der Waals surface area contributed by atoms with Gasteiger partial charge < -0.3 is 14.8 Å². The molecule has 1 aromatic heterocycles. The van der Waals surface area contributed by atoms with Crippen LogP contribution >= 0.6 is 0 Å². The Labute approximate surface area is 99.5 Å². The lowest BCUT2D eigenvalue weighted by Gasteiger charge is -1.99. The van der Waals surface area contributed by atoms with Crippen molar-refractivity contribution in [3.63, 3.8) is 0 Å². The minimum atomic E-state index is 0.135. The second-order valence-electron chi connectivity index (χ2n) is 3.71. The molecule has 0 aliphatic rings. The maximum absolute atomic E-state index is 9.64. The number of phenolic OH excluding ortho intramolecular Hbond substituents is 1. The van der Waals surface area contributed by atoms with Crippen LogP contribution in [0.4, 0.5) is 6.01 Å². The molecule has 2 N–H and O–H groups in total. The summed E-state index contributed by atoms with van der Waals surface area (Å²) in [6.07, 6.45) is 2.15. The highest BCUT2D eigenvalue weighted by Gasteiger charge is 2.11. The zero-order valence-electron chi connectivity index (χ0n) is 9.68. The van der Waals surface area contributed by atoms with E-state index < -0.39 is 0 Å². The Bertz CT molecular complexity index is 482. The van der Waals surface area contributed by atoms with Gasteiger partial charge in [-0.25, -0.2) is 0 Å². The van der Waals surface area contributed by atoms with Crippen LogP contribution in [0.1, 0.15) is 19.8 Å². The third kappa shape index (κ3) is 2.75. The highest BCUT2D eigenvalue weighted by atomic mass is 16.4. The first-order chi connectivity index (χ1) is 8.31. The molecule has 2 rings (SSSR count). The molecule has 0 amide bonds. The van der Waals surface area contributed by atoms with E-state index in [1.54, 1.807) is 18.2 Å². The Morgan fingerprint density at radius 3 is 2.88 bits per heavy atom. The smallest absolute Gasteiger partial charge is 0.315 e. The molecule has 5 heteroatoms. The molecule has 90 valence electrons. The average Bonchev–Trinajstić information content (AvgIpc) is 2.79. The minimum absolute atomic E-state index is 0.135. The van der Waals surface area contributed by atoms with Crippen LogP contribution in [0.5, 0.6) is 5.75 Å². The van der Waals surface area contributed by atoms with Gasteiger partial charge in [-0.1, -0.05) is 30.6 Å². The van der Waals surface area contributed by atoms with Gasteiger partial charge in [0.2, 0.25) is 0 Å². The van der Waals surface area contributed by atoms with Crippen molar-refractivity contribution < 1.29 is 9.52 Å². The molecule has 0 atom stereocenters. The van der Waals surface area contributed by atoms with E-state index in [1.165, 1.54) is 0 Å². The van der Waals surface area contributed by atoms with Gasteiger partial charge in [-0.2, -0.15) is 0 Å². The van der Waals surface area contributed by atoms with Crippen molar-refractivity contribution in [1.29, 1.82) is 0 Å². The summed E-state index contributed by atoms with van der Waals surface area (Å²) >= 11 is 0. The van der Waals surface area contributed by atoms with Gasteiger partial charge in [-0.3, -0.25) is 0 Å². The van der Waals surface area contributed by atoms with Gasteiger partial charge in [0.25, 0.3) is 5.89 Å². The number of aromatic hydroxyl groups is 1. The molecular formula is C12H15N3O2. The zero-order valence-corrected chi connectivity index (χ0v) is 9.68. The monoisotopic (exact) mass is 233 g/mol. The largest absolute Gasteiger partial charge is 0.507 e. The van der Waals surface area contributed by atoms with Gasteiger partial charge in [-0.15, -0.1) is 5.10 Å². The molecule has 0 unspecified atom stereocenters. The first-order valence-corrected chi connectivity index (χ1v) is 5.67. The Morgan fingerprint density at radius 1 is 1.29 bits per heavy atom. The van der Waals surface area contributed by atoms with E-state index >= 15 is 0 Å². The maximum atomic E-state index is 9.64. The first kappa shape index (κ1) is 11.4. The van der Waals surface area contributed by atoms with Crippen LogP contribution in [0.15, 0.2) is 28.7 Å². The Balaban J connectivity index is 2.10. The normalized spacial score (nSPS) is 10.4. The average molecular weight is 233 g/mol. The number of nitrogens with zero attached hydrogens (tertiary/aromatic N) is 2. The first-order valence-electron chi connectivity index (χ1n) is 5.67. The summed E-state index contributed by atoms with van der Waals surface area (Å²) in [6, 6.07) is 7.26. The second kappa shape index (κ2) is 5.34. The SMILES string of the molecule is CCCCNc1nnc(-c2ccccc2O)o1. The van der Waals surface area contributed by atoms with Crippen molar-refractivity contribution in [2.24, 2.45) is 0 Å². The molecular weight excluding hydrogens is 218 g/mol. The van der Waals surface area contributed by atoms with Crippen molar-refractivity contribution in [2.75, 3.05) is 11.9 Å². The van der Waals surface area contributed by atoms with Crippen LogP contribution in [-0.2, 0) is 0 Å². The number of benzene rings is 1. The molecule has 1 heterocycles. The van der Waals surface area contributed by atoms with E-state index in [2.05, 4.69) is 22.4 Å². The second-order valence-corrected chi connectivity index (χ2v) is 3.71. The molecule has 0 saturated heterocycles. The highest BCUT2D eigenvalue weighted by Crippen LogP contribution is 2.28. The fraction of sp³-hybridized carbons (Fsp3) is 0.333. The number of aromatic nitrogens is 2. The summed E-state index contributed by atoms with van der Waals surface area (Å²) in [6.45, 7) is 2.92. The standard InChI is InChI=1S/C12H15N3O2/c1-2-3-8-13-12-15-14-11(17-12)9-6-4-5-7-10(9)16/h4-7,16H,2-3,8H2,1H3,(H,13,15). The summed E-state index contributed by atoms with van der Waals surface area (Å²) in [5.74, 6) is 0.457. The summed E-state index contributed by atoms with van der Waals surface area (Å²) in [5, 5.41) is 20.4. The molecule has 5 nitrogen and oxygen atoms in total. The Hall–Kier alpha value is -2.04. The van der Waals surface area contributed by atoms with Crippen molar-refractivity contribution in [3.8, 4) is 17.2 Å². The number of hydrogen-bond donors (Lipinski definition) is 2. The zero-order chi connectivity index (χ0) is 12.1. The van der Waals surface area contributed by atoms with E-state index in [9.17, 15) is 5.11 Å². The Morgan fingerprint density at radius 2 is 2.12 bits per heavy atom. The maximum Gasteiger partial charge on any atom is 0.315 e. The molecule has 0 spiro atoms. The van der Waals surface area contributed by atoms with E-state index in [1.807, 2.05) is 6.07 Å². The number of rotatable bonds is 5. The van der Waals surface area contributed by atoms with Gasteiger partial charge in [0.15, 0.2) is 0 Å². The molecule has 1 aromatic carbocycles. The lowest BCUT2D eigenvalue weighted by Crippen LogP contribution is -2.00. The molecule has 0 aliphatic carbocycles. The number of para-hydroxylation sites is 1. The Kier molecular flexibility index (Phi) is 3.59. The van der Waals surface area contributed by atoms with Crippen LogP contribution in [-0.4, -0.2) is 21.8 Å². The highest BCUT2D eigenvalue weighted by molar-refractivity contribution is 5.61. The fourth-order valence-corrected chi connectivity index (χ4v) is 1.43. The number of hydrogen-bond acceptors (Lipinski definition) is 5. The predicted octanol–water partition coefficient (Wildman–Crippen LogP) is 2.65. The van der Waals surface area contributed by atoms with Crippen molar-refractivity contribution in [1.82, 2.24) is 10.2 Å². The van der Waals surface area contributed by atoms with Gasteiger partial charge >= 0.3 is 6.01 Å². The van der Waals surface area contributed by atoms with Gasteiger partial charge in [0.1, 0.15) is 5.75 Å². The fourth-order valence-electron chi connectivity index (χ4n) is 1.43. The topological polar surface area (TPSA) is 71.2 Å². The van der Waals surface area contributed by atoms with Gasteiger partial charge in [0, 0.05) is 6.54 Å². The van der Waals surface area contributed by atoms with Crippen LogP contribution in [0.3, 0.4) is 0 Å². The van der Waals surface area contributed by atoms with E-state index in [-0.39, 0.29) is 5.75 Å². The molecule has 0 fully saturated rings. The molecule has 0 radical (unpaired) electrons. The van der Waals surface area contributed by atoms with Crippen molar-refractivity contribution in [2.45, 2.75) is 19.8 Å². The number of unbranched alkanes of at least 4 members (excludes halogenated alkanes) is 1. The molecule has 0 aliphatic heterocycles. The molecule has 2 aromatic rings. The van der Waals surface area contributed by atoms with Crippen molar-refractivity contribution in [3.05, 3.63) is 24.3 Å². The minimum Gasteiger partial charge on any atom is -0.507 e. The van der Waals surface area contributed by atoms with Crippen LogP contribution in [0.2, 0.25) is 0 Å². The third-order valence-corrected chi connectivity index (χ3v) is 2.37. The van der Waals surface area contributed by atoms with Crippen LogP contribution in [0, 0.1) is 0 Å². The van der Waals surface area contributed by atoms with Crippen LogP contribution < -0.4 is 5.32 Å². The summed E-state index contributed by atoms with van der Waals surface area (Å²) in [7, 11) is 0. The van der Waals surface area contributed by atoms with Gasteiger partial charge in [-0.05, 0) is 18.6 Å². The molecule has 0 bridgehead atoms. The number of phenols is 1. The summed E-state index contributed by atoms with van der Waals surface area (Å²) in [4.78, 5) is 0. The molecule has 17 heavy (non-hydrogen) atoms. The predicted molar refractivity (Wildman–Crippen MR) is 64.8 cm³/mol. The summed E-state index contributed by atoms with van der Waals surface area (Å²) < 4.78 is 5.40. The van der Waals surface area contributed by atoms with Crippen LogP contribution in [0.25, 0.3) is 11.5 Å². The third-order valence-electron chi connectivity index (χ3n) is 2.37. The summed E-state index contributed by atoms with van der Waals surface area (Å²) in [5.41, 5.74) is 0.545. The van der Waals surface area contributed by atoms with E-state index in [0.717, 1.165) is 19.4 Å². The quantitative estimate of drug-likeness (QED) is 0.777. The number of anilines is 1. The lowest BCUT2D eigenvalue weighted by molar-refractivity contribution is 0.473. The van der Waals surface area contributed by atoms with Crippen molar-refractivity contribution >= 4 is 6.01 Å². The molecule has 0 saturated carbocycles. The van der Waals surface area contributed by atoms with Gasteiger partial charge in [0.05, 0.1) is 5.56 Å². The van der Waals surface area contributed by atoms with E-state index in [4.69, 9.17) is 4.42 Å².